The van der Waals surface area contributed by atoms with Crippen LogP contribution in [0.5, 0.6) is 5.75 Å². The second kappa shape index (κ2) is 6.12. The van der Waals surface area contributed by atoms with Crippen LogP contribution in [0, 0.1) is 13.8 Å². The fourth-order valence-corrected chi connectivity index (χ4v) is 3.93. The van der Waals surface area contributed by atoms with Crippen molar-refractivity contribution < 1.29 is 8.95 Å². The van der Waals surface area contributed by atoms with Gasteiger partial charge in [0.1, 0.15) is 5.75 Å². The van der Waals surface area contributed by atoms with Crippen molar-refractivity contribution in [1.29, 1.82) is 0 Å². The molecule has 120 valence electrons. The number of nitrogens with zero attached hydrogens (tertiary/aromatic N) is 2. The van der Waals surface area contributed by atoms with Gasteiger partial charge in [0, 0.05) is 17.3 Å². The van der Waals surface area contributed by atoms with Gasteiger partial charge in [-0.1, -0.05) is 12.1 Å². The molecule has 0 saturated carbocycles. The predicted molar refractivity (Wildman–Crippen MR) is 91.2 cm³/mol. The topological polar surface area (TPSA) is 67.9 Å². The number of rotatable bonds is 4. The lowest BCUT2D eigenvalue weighted by Crippen LogP contribution is -2.10. The number of benzene rings is 1. The van der Waals surface area contributed by atoms with Crippen molar-refractivity contribution in [1.82, 2.24) is 15.0 Å². The molecule has 23 heavy (non-hydrogen) atoms. The highest BCUT2D eigenvalue weighted by molar-refractivity contribution is 7.85. The number of aromatic nitrogens is 3. The van der Waals surface area contributed by atoms with E-state index in [4.69, 9.17) is 4.74 Å². The molecule has 3 rings (SSSR count). The van der Waals surface area contributed by atoms with Gasteiger partial charge in [0.15, 0.2) is 5.16 Å². The van der Waals surface area contributed by atoms with Crippen molar-refractivity contribution in [3.05, 3.63) is 47.3 Å². The normalized spacial score (nSPS) is 13.9. The Bertz CT molecular complexity index is 856. The number of aryl methyl sites for hydroxylation is 1. The fraction of sp³-hybridized carbons (Fsp3) is 0.294. The first-order chi connectivity index (χ1) is 11.0. The Kier molecular flexibility index (Phi) is 4.17. The lowest BCUT2D eigenvalue weighted by atomic mass is 10.1. The SMILES string of the molecule is COc1c(C)cnc(C(C)S(=O)c2nc3ccccc3[nH]2)c1C. The average molecular weight is 329 g/mol. The number of para-hydroxylation sites is 2. The summed E-state index contributed by atoms with van der Waals surface area (Å²) in [5, 5.41) is 0.185. The Morgan fingerprint density at radius 3 is 2.70 bits per heavy atom. The molecule has 0 aliphatic rings. The molecule has 3 aromatic rings. The lowest BCUT2D eigenvalue weighted by Gasteiger charge is -2.16. The first-order valence-corrected chi connectivity index (χ1v) is 8.59. The number of aromatic amines is 1. The van der Waals surface area contributed by atoms with E-state index in [-0.39, 0.29) is 5.25 Å². The third-order valence-corrected chi connectivity index (χ3v) is 5.39. The van der Waals surface area contributed by atoms with Crippen LogP contribution in [0.25, 0.3) is 11.0 Å². The van der Waals surface area contributed by atoms with Gasteiger partial charge in [0.2, 0.25) is 0 Å². The number of imidazole rings is 1. The van der Waals surface area contributed by atoms with Gasteiger partial charge in [-0.25, -0.2) is 4.98 Å². The van der Waals surface area contributed by atoms with E-state index in [1.807, 2.05) is 45.0 Å². The third kappa shape index (κ3) is 2.74. The predicted octanol–water partition coefficient (Wildman–Crippen LogP) is 3.45. The van der Waals surface area contributed by atoms with Crippen LogP contribution in [0.2, 0.25) is 0 Å². The fourth-order valence-electron chi connectivity index (χ4n) is 2.75. The zero-order chi connectivity index (χ0) is 16.6. The van der Waals surface area contributed by atoms with Gasteiger partial charge >= 0.3 is 0 Å². The van der Waals surface area contributed by atoms with Crippen molar-refractivity contribution >= 4 is 21.8 Å². The summed E-state index contributed by atoms with van der Waals surface area (Å²) >= 11 is 0. The van der Waals surface area contributed by atoms with Crippen LogP contribution >= 0.6 is 0 Å². The van der Waals surface area contributed by atoms with E-state index in [1.54, 1.807) is 13.3 Å². The van der Waals surface area contributed by atoms with Gasteiger partial charge in [-0.3, -0.25) is 9.19 Å². The van der Waals surface area contributed by atoms with Gasteiger partial charge in [-0.05, 0) is 32.9 Å². The molecule has 6 heteroatoms. The van der Waals surface area contributed by atoms with Gasteiger partial charge in [-0.2, -0.15) is 0 Å². The summed E-state index contributed by atoms with van der Waals surface area (Å²) < 4.78 is 18.3. The summed E-state index contributed by atoms with van der Waals surface area (Å²) in [4.78, 5) is 12.0. The largest absolute Gasteiger partial charge is 0.496 e. The molecule has 2 atom stereocenters. The number of methoxy groups -OCH3 is 1. The number of hydrogen-bond acceptors (Lipinski definition) is 4. The van der Waals surface area contributed by atoms with E-state index in [2.05, 4.69) is 15.0 Å². The first-order valence-electron chi connectivity index (χ1n) is 7.38. The maximum atomic E-state index is 12.9. The molecule has 0 spiro atoms. The van der Waals surface area contributed by atoms with E-state index in [1.165, 1.54) is 0 Å². The van der Waals surface area contributed by atoms with Crippen LogP contribution < -0.4 is 4.74 Å². The minimum atomic E-state index is -1.32. The molecule has 2 aromatic heterocycles. The molecule has 0 saturated heterocycles. The molecule has 0 fully saturated rings. The zero-order valence-corrected chi connectivity index (χ0v) is 14.4. The number of hydrogen-bond donors (Lipinski definition) is 1. The van der Waals surface area contributed by atoms with Crippen molar-refractivity contribution in [3.63, 3.8) is 0 Å². The van der Waals surface area contributed by atoms with Crippen molar-refractivity contribution in [2.45, 2.75) is 31.2 Å². The highest BCUT2D eigenvalue weighted by Crippen LogP contribution is 2.31. The maximum absolute atomic E-state index is 12.9. The summed E-state index contributed by atoms with van der Waals surface area (Å²) in [7, 11) is 0.315. The molecule has 1 aromatic carbocycles. The van der Waals surface area contributed by atoms with Crippen LogP contribution in [-0.4, -0.2) is 26.3 Å². The van der Waals surface area contributed by atoms with Crippen LogP contribution in [0.15, 0.2) is 35.6 Å². The van der Waals surface area contributed by atoms with E-state index in [0.29, 0.717) is 5.16 Å². The molecule has 1 N–H and O–H groups in total. The van der Waals surface area contributed by atoms with Crippen molar-refractivity contribution in [2.24, 2.45) is 0 Å². The highest BCUT2D eigenvalue weighted by Gasteiger charge is 2.23. The Labute approximate surface area is 137 Å². The standard InChI is InChI=1S/C17H19N3O2S/c1-10-9-18-15(11(2)16(10)22-4)12(3)23(21)17-19-13-7-5-6-8-14(13)20-17/h5-9,12H,1-4H3,(H,19,20). The van der Waals surface area contributed by atoms with E-state index >= 15 is 0 Å². The second-order valence-corrected chi connectivity index (χ2v) is 7.17. The minimum absolute atomic E-state index is 0.287. The monoisotopic (exact) mass is 329 g/mol. The Balaban J connectivity index is 1.99. The smallest absolute Gasteiger partial charge is 0.198 e. The van der Waals surface area contributed by atoms with Gasteiger partial charge in [0.25, 0.3) is 0 Å². The number of fused-ring (bicyclic) bond motifs is 1. The maximum Gasteiger partial charge on any atom is 0.198 e. The van der Waals surface area contributed by atoms with Gasteiger partial charge in [-0.15, -0.1) is 0 Å². The molecule has 2 unspecified atom stereocenters. The molecule has 0 bridgehead atoms. The quantitative estimate of drug-likeness (QED) is 0.796. The Hall–Kier alpha value is -2.21. The Morgan fingerprint density at radius 1 is 1.26 bits per heavy atom. The summed E-state index contributed by atoms with van der Waals surface area (Å²) in [6.45, 7) is 5.79. The molecule has 0 aliphatic carbocycles. The lowest BCUT2D eigenvalue weighted by molar-refractivity contribution is 0.407. The summed E-state index contributed by atoms with van der Waals surface area (Å²) in [5.74, 6) is 0.795. The number of nitrogens with one attached hydrogen (secondary N) is 1. The van der Waals surface area contributed by atoms with E-state index in [9.17, 15) is 4.21 Å². The number of pyridine rings is 1. The van der Waals surface area contributed by atoms with E-state index in [0.717, 1.165) is 33.6 Å². The summed E-state index contributed by atoms with van der Waals surface area (Å²) in [5.41, 5.74) is 4.36. The third-order valence-electron chi connectivity index (χ3n) is 3.95. The highest BCUT2D eigenvalue weighted by atomic mass is 32.2. The average Bonchev–Trinajstić information content (AvgIpc) is 2.98. The number of H-pyrrole nitrogens is 1. The number of ether oxygens (including phenoxy) is 1. The van der Waals surface area contributed by atoms with E-state index < -0.39 is 10.8 Å². The van der Waals surface area contributed by atoms with Crippen molar-refractivity contribution in [2.75, 3.05) is 7.11 Å². The molecule has 0 amide bonds. The summed E-state index contributed by atoms with van der Waals surface area (Å²) in [6.07, 6.45) is 1.76. The van der Waals surface area contributed by atoms with Gasteiger partial charge in [0.05, 0.1) is 39.9 Å². The van der Waals surface area contributed by atoms with Crippen LogP contribution in [0.3, 0.4) is 0 Å². The second-order valence-electron chi connectivity index (χ2n) is 5.48. The van der Waals surface area contributed by atoms with Crippen LogP contribution in [-0.2, 0) is 10.8 Å². The molecular formula is C17H19N3O2S. The zero-order valence-electron chi connectivity index (χ0n) is 13.6. The summed E-state index contributed by atoms with van der Waals surface area (Å²) in [6, 6.07) is 7.66. The molecule has 0 radical (unpaired) electrons. The minimum Gasteiger partial charge on any atom is -0.496 e. The Morgan fingerprint density at radius 2 is 2.00 bits per heavy atom. The molecule has 0 aliphatic heterocycles. The van der Waals surface area contributed by atoms with Crippen LogP contribution in [0.1, 0.15) is 29.0 Å². The molecule has 5 nitrogen and oxygen atoms in total. The molecule has 2 heterocycles. The van der Waals surface area contributed by atoms with Crippen molar-refractivity contribution in [3.8, 4) is 5.75 Å². The molecular weight excluding hydrogens is 310 g/mol. The first kappa shape index (κ1) is 15.7. The van der Waals surface area contributed by atoms with Crippen LogP contribution in [0.4, 0.5) is 0 Å². The van der Waals surface area contributed by atoms with Gasteiger partial charge < -0.3 is 9.72 Å².